The summed E-state index contributed by atoms with van der Waals surface area (Å²) in [6, 6.07) is 11.1. The van der Waals surface area contributed by atoms with Gasteiger partial charge in [-0.05, 0) is 61.7 Å². The topological polar surface area (TPSA) is 62.7 Å². The molecule has 7 heteroatoms. The summed E-state index contributed by atoms with van der Waals surface area (Å²) in [6.45, 7) is 8.50. The van der Waals surface area contributed by atoms with Crippen molar-refractivity contribution in [3.8, 4) is 5.75 Å². The van der Waals surface area contributed by atoms with E-state index in [2.05, 4.69) is 35.9 Å². The van der Waals surface area contributed by atoms with Gasteiger partial charge in [0.1, 0.15) is 10.6 Å². The third-order valence-electron chi connectivity index (χ3n) is 6.15. The average molecular weight is 430 g/mol. The van der Waals surface area contributed by atoms with Crippen molar-refractivity contribution in [3.63, 3.8) is 0 Å². The Hall–Kier alpha value is -1.96. The van der Waals surface area contributed by atoms with Crippen LogP contribution in [0.3, 0.4) is 0 Å². The number of aromatic nitrogens is 1. The normalized spacial score (nSPS) is 21.6. The monoisotopic (exact) mass is 429 g/mol. The molecule has 2 aliphatic heterocycles. The molecule has 6 nitrogen and oxygen atoms in total. The third-order valence-corrected chi connectivity index (χ3v) is 8.00. The summed E-state index contributed by atoms with van der Waals surface area (Å²) >= 11 is 0. The zero-order valence-corrected chi connectivity index (χ0v) is 18.6. The number of rotatable bonds is 4. The second-order valence-corrected chi connectivity index (χ2v) is 11.0. The summed E-state index contributed by atoms with van der Waals surface area (Å²) < 4.78 is 34.8. The first-order valence-electron chi connectivity index (χ1n) is 10.7. The van der Waals surface area contributed by atoms with E-state index in [-0.39, 0.29) is 16.2 Å². The van der Waals surface area contributed by atoms with Crippen LogP contribution in [0.15, 0.2) is 53.7 Å². The SMILES string of the molecule is CC(C)CN1CC2(CCN(Cc3ccncc3)CC2)COc2ccccc2S1(=O)=O. The second-order valence-electron chi connectivity index (χ2n) is 9.06. The summed E-state index contributed by atoms with van der Waals surface area (Å²) in [5, 5.41) is 0. The van der Waals surface area contributed by atoms with Gasteiger partial charge in [-0.25, -0.2) is 8.42 Å². The molecule has 0 atom stereocenters. The molecule has 30 heavy (non-hydrogen) atoms. The predicted octanol–water partition coefficient (Wildman–Crippen LogP) is 3.40. The molecule has 0 bridgehead atoms. The summed E-state index contributed by atoms with van der Waals surface area (Å²) in [5.74, 6) is 0.737. The number of piperidine rings is 1. The van der Waals surface area contributed by atoms with Crippen molar-refractivity contribution >= 4 is 10.0 Å². The van der Waals surface area contributed by atoms with Crippen molar-refractivity contribution in [1.82, 2.24) is 14.2 Å². The van der Waals surface area contributed by atoms with Crippen LogP contribution >= 0.6 is 0 Å². The number of likely N-dealkylation sites (tertiary alicyclic amines) is 1. The van der Waals surface area contributed by atoms with Gasteiger partial charge >= 0.3 is 0 Å². The Kier molecular flexibility index (Phi) is 6.14. The standard InChI is InChI=1S/C23H31N3O3S/c1-19(2)15-26-17-23(18-29-21-5-3-4-6-22(21)30(26,27)28)9-13-25(14-10-23)16-20-7-11-24-12-8-20/h3-8,11-12,19H,9-10,13-18H2,1-2H3. The summed E-state index contributed by atoms with van der Waals surface area (Å²) in [5.41, 5.74) is 1.09. The van der Waals surface area contributed by atoms with E-state index < -0.39 is 10.0 Å². The molecule has 1 aromatic carbocycles. The highest BCUT2D eigenvalue weighted by atomic mass is 32.2. The first kappa shape index (κ1) is 21.3. The summed E-state index contributed by atoms with van der Waals surface area (Å²) in [4.78, 5) is 6.82. The Morgan fingerprint density at radius 1 is 1.10 bits per heavy atom. The van der Waals surface area contributed by atoms with Gasteiger partial charge < -0.3 is 4.74 Å². The lowest BCUT2D eigenvalue weighted by Crippen LogP contribution is -2.52. The van der Waals surface area contributed by atoms with Crippen LogP contribution < -0.4 is 4.74 Å². The van der Waals surface area contributed by atoms with E-state index in [1.165, 1.54) is 5.56 Å². The molecule has 0 aliphatic carbocycles. The van der Waals surface area contributed by atoms with Gasteiger partial charge in [-0.2, -0.15) is 4.31 Å². The van der Waals surface area contributed by atoms with Crippen molar-refractivity contribution in [3.05, 3.63) is 54.4 Å². The number of pyridine rings is 1. The lowest BCUT2D eigenvalue weighted by atomic mass is 9.78. The molecular formula is C23H31N3O3S. The summed E-state index contributed by atoms with van der Waals surface area (Å²) in [7, 11) is -3.59. The van der Waals surface area contributed by atoms with E-state index in [0.29, 0.717) is 25.4 Å². The van der Waals surface area contributed by atoms with E-state index in [9.17, 15) is 8.42 Å². The molecule has 3 heterocycles. The zero-order chi connectivity index (χ0) is 21.2. The molecule has 1 spiro atoms. The maximum atomic E-state index is 13.5. The highest BCUT2D eigenvalue weighted by Crippen LogP contribution is 2.39. The smallest absolute Gasteiger partial charge is 0.246 e. The van der Waals surface area contributed by atoms with E-state index in [1.807, 2.05) is 18.5 Å². The molecule has 1 fully saturated rings. The maximum absolute atomic E-state index is 13.5. The van der Waals surface area contributed by atoms with E-state index in [4.69, 9.17) is 4.74 Å². The lowest BCUT2D eigenvalue weighted by molar-refractivity contribution is 0.0310. The number of fused-ring (bicyclic) bond motifs is 1. The molecule has 0 saturated carbocycles. The molecule has 1 aromatic heterocycles. The fourth-order valence-electron chi connectivity index (χ4n) is 4.46. The molecule has 2 aromatic rings. The molecule has 0 unspecified atom stereocenters. The quantitative estimate of drug-likeness (QED) is 0.745. The van der Waals surface area contributed by atoms with Crippen molar-refractivity contribution in [1.29, 1.82) is 0 Å². The molecule has 0 radical (unpaired) electrons. The molecule has 162 valence electrons. The van der Waals surface area contributed by atoms with Crippen LogP contribution in [0.1, 0.15) is 32.3 Å². The van der Waals surface area contributed by atoms with Gasteiger partial charge in [-0.3, -0.25) is 9.88 Å². The number of hydrogen-bond acceptors (Lipinski definition) is 5. The number of benzene rings is 1. The average Bonchev–Trinajstić information content (AvgIpc) is 2.73. The van der Waals surface area contributed by atoms with Crippen LogP contribution in [-0.4, -0.2) is 55.4 Å². The Morgan fingerprint density at radius 2 is 1.80 bits per heavy atom. The zero-order valence-electron chi connectivity index (χ0n) is 17.8. The number of ether oxygens (including phenoxy) is 1. The second kappa shape index (κ2) is 8.65. The van der Waals surface area contributed by atoms with Crippen LogP contribution in [-0.2, 0) is 16.6 Å². The number of nitrogens with zero attached hydrogens (tertiary/aromatic N) is 3. The number of para-hydroxylation sites is 1. The molecule has 0 N–H and O–H groups in total. The molecule has 0 amide bonds. The first-order chi connectivity index (χ1) is 14.4. The minimum atomic E-state index is -3.59. The molecule has 2 aliphatic rings. The van der Waals surface area contributed by atoms with Gasteiger partial charge in [0.05, 0.1) is 6.61 Å². The molecular weight excluding hydrogens is 398 g/mol. The van der Waals surface area contributed by atoms with Crippen molar-refractivity contribution in [2.45, 2.75) is 38.1 Å². The van der Waals surface area contributed by atoms with Gasteiger partial charge in [-0.15, -0.1) is 0 Å². The molecule has 4 rings (SSSR count). The maximum Gasteiger partial charge on any atom is 0.246 e. The predicted molar refractivity (Wildman–Crippen MR) is 117 cm³/mol. The Balaban J connectivity index is 1.56. The minimum Gasteiger partial charge on any atom is -0.492 e. The Morgan fingerprint density at radius 3 is 2.50 bits per heavy atom. The van der Waals surface area contributed by atoms with Crippen LogP contribution in [0, 0.1) is 11.3 Å². The highest BCUT2D eigenvalue weighted by Gasteiger charge is 2.42. The fraction of sp³-hybridized carbons (Fsp3) is 0.522. The van der Waals surface area contributed by atoms with Crippen LogP contribution in [0.5, 0.6) is 5.75 Å². The number of sulfonamides is 1. The van der Waals surface area contributed by atoms with Crippen molar-refractivity contribution in [2.75, 3.05) is 32.8 Å². The van der Waals surface area contributed by atoms with Crippen LogP contribution in [0.2, 0.25) is 0 Å². The first-order valence-corrected chi connectivity index (χ1v) is 12.2. The summed E-state index contributed by atoms with van der Waals surface area (Å²) in [6.07, 6.45) is 5.50. The van der Waals surface area contributed by atoms with E-state index >= 15 is 0 Å². The van der Waals surface area contributed by atoms with E-state index in [1.54, 1.807) is 22.5 Å². The third kappa shape index (κ3) is 4.53. The molecule has 1 saturated heterocycles. The van der Waals surface area contributed by atoms with Crippen LogP contribution in [0.25, 0.3) is 0 Å². The van der Waals surface area contributed by atoms with Crippen LogP contribution in [0.4, 0.5) is 0 Å². The largest absolute Gasteiger partial charge is 0.492 e. The van der Waals surface area contributed by atoms with Crippen molar-refractivity contribution < 1.29 is 13.2 Å². The van der Waals surface area contributed by atoms with Crippen molar-refractivity contribution in [2.24, 2.45) is 11.3 Å². The van der Waals surface area contributed by atoms with Gasteiger partial charge in [0.2, 0.25) is 10.0 Å². The minimum absolute atomic E-state index is 0.162. The van der Waals surface area contributed by atoms with Gasteiger partial charge in [0, 0.05) is 37.4 Å². The number of hydrogen-bond donors (Lipinski definition) is 0. The fourth-order valence-corrected chi connectivity index (χ4v) is 6.31. The van der Waals surface area contributed by atoms with Gasteiger partial charge in [0.25, 0.3) is 0 Å². The lowest BCUT2D eigenvalue weighted by Gasteiger charge is -2.45. The van der Waals surface area contributed by atoms with E-state index in [0.717, 1.165) is 32.5 Å². The Labute approximate surface area is 179 Å². The van der Waals surface area contributed by atoms with Gasteiger partial charge in [-0.1, -0.05) is 26.0 Å². The van der Waals surface area contributed by atoms with Gasteiger partial charge in [0.15, 0.2) is 0 Å². The Bertz CT molecular complexity index is 955. The highest BCUT2D eigenvalue weighted by molar-refractivity contribution is 7.89.